The van der Waals surface area contributed by atoms with Crippen molar-refractivity contribution in [3.8, 4) is 5.75 Å². The minimum Gasteiger partial charge on any atom is -0.508 e. The number of amides is 1. The molecule has 2 N–H and O–H groups in total. The quantitative estimate of drug-likeness (QED) is 0.818. The minimum atomic E-state index is 0.138. The number of phenols is 1. The van der Waals surface area contributed by atoms with Gasteiger partial charge in [0.2, 0.25) is 5.91 Å². The highest BCUT2D eigenvalue weighted by Crippen LogP contribution is 2.36. The maximum absolute atomic E-state index is 11.7. The summed E-state index contributed by atoms with van der Waals surface area (Å²) < 4.78 is 0. The molecule has 0 spiro atoms. The molecule has 1 atom stereocenters. The van der Waals surface area contributed by atoms with Crippen molar-refractivity contribution < 1.29 is 9.90 Å². The molecule has 1 aliphatic carbocycles. The summed E-state index contributed by atoms with van der Waals surface area (Å²) in [6, 6.07) is 7.24. The molecule has 0 bridgehead atoms. The highest BCUT2D eigenvalue weighted by Gasteiger charge is 2.32. The molecule has 3 heteroatoms. The van der Waals surface area contributed by atoms with Crippen LogP contribution in [-0.4, -0.2) is 17.6 Å². The SMILES string of the molecule is CC(C(=O)NCCc1ccccc1O)C1CC1. The van der Waals surface area contributed by atoms with Crippen molar-refractivity contribution in [3.05, 3.63) is 29.8 Å². The first-order chi connectivity index (χ1) is 8.18. The first-order valence-electron chi connectivity index (χ1n) is 6.23. The van der Waals surface area contributed by atoms with E-state index in [4.69, 9.17) is 0 Å². The molecule has 0 radical (unpaired) electrons. The van der Waals surface area contributed by atoms with Gasteiger partial charge in [-0.15, -0.1) is 0 Å². The third-order valence-electron chi connectivity index (χ3n) is 3.43. The molecule has 1 aromatic carbocycles. The van der Waals surface area contributed by atoms with Crippen LogP contribution in [0, 0.1) is 11.8 Å². The number of hydrogen-bond acceptors (Lipinski definition) is 2. The average molecular weight is 233 g/mol. The van der Waals surface area contributed by atoms with Crippen LogP contribution in [0.15, 0.2) is 24.3 Å². The van der Waals surface area contributed by atoms with Crippen molar-refractivity contribution in [2.45, 2.75) is 26.2 Å². The summed E-state index contributed by atoms with van der Waals surface area (Å²) in [7, 11) is 0. The van der Waals surface area contributed by atoms with Gasteiger partial charge in [0, 0.05) is 12.5 Å². The fraction of sp³-hybridized carbons (Fsp3) is 0.500. The minimum absolute atomic E-state index is 0.138. The molecule has 0 aromatic heterocycles. The fourth-order valence-corrected chi connectivity index (χ4v) is 2.01. The summed E-state index contributed by atoms with van der Waals surface area (Å²) in [5.74, 6) is 1.18. The lowest BCUT2D eigenvalue weighted by atomic mass is 10.1. The number of carbonyl (C=O) groups is 1. The van der Waals surface area contributed by atoms with Crippen LogP contribution < -0.4 is 5.32 Å². The zero-order valence-corrected chi connectivity index (χ0v) is 10.1. The van der Waals surface area contributed by atoms with Crippen LogP contribution in [-0.2, 0) is 11.2 Å². The lowest BCUT2D eigenvalue weighted by Crippen LogP contribution is -2.31. The standard InChI is InChI=1S/C14H19NO2/c1-10(11-6-7-11)14(17)15-9-8-12-4-2-3-5-13(12)16/h2-5,10-11,16H,6-9H2,1H3,(H,15,17). The van der Waals surface area contributed by atoms with E-state index in [2.05, 4.69) is 5.32 Å². The molecule has 1 unspecified atom stereocenters. The van der Waals surface area contributed by atoms with E-state index in [0.29, 0.717) is 24.6 Å². The molecule has 0 saturated heterocycles. The second-order valence-corrected chi connectivity index (χ2v) is 4.80. The Morgan fingerprint density at radius 2 is 2.18 bits per heavy atom. The molecular weight excluding hydrogens is 214 g/mol. The van der Waals surface area contributed by atoms with Gasteiger partial charge in [-0.3, -0.25) is 4.79 Å². The number of nitrogens with one attached hydrogen (secondary N) is 1. The summed E-state index contributed by atoms with van der Waals surface area (Å²) in [6.45, 7) is 2.58. The Kier molecular flexibility index (Phi) is 3.67. The largest absolute Gasteiger partial charge is 0.508 e. The van der Waals surface area contributed by atoms with Crippen LogP contribution in [0.1, 0.15) is 25.3 Å². The molecule has 1 saturated carbocycles. The zero-order valence-electron chi connectivity index (χ0n) is 10.1. The third kappa shape index (κ3) is 3.22. The maximum atomic E-state index is 11.7. The second kappa shape index (κ2) is 5.21. The van der Waals surface area contributed by atoms with Gasteiger partial charge in [0.25, 0.3) is 0 Å². The Balaban J connectivity index is 1.75. The highest BCUT2D eigenvalue weighted by atomic mass is 16.3. The van der Waals surface area contributed by atoms with Crippen LogP contribution in [0.4, 0.5) is 0 Å². The van der Waals surface area contributed by atoms with E-state index >= 15 is 0 Å². The van der Waals surface area contributed by atoms with Crippen molar-refractivity contribution in [2.75, 3.05) is 6.54 Å². The molecule has 17 heavy (non-hydrogen) atoms. The number of phenolic OH excluding ortho intramolecular Hbond substituents is 1. The lowest BCUT2D eigenvalue weighted by molar-refractivity contribution is -0.125. The second-order valence-electron chi connectivity index (χ2n) is 4.80. The van der Waals surface area contributed by atoms with E-state index in [1.165, 1.54) is 12.8 Å². The number of benzene rings is 1. The van der Waals surface area contributed by atoms with Crippen molar-refractivity contribution in [1.29, 1.82) is 0 Å². The first kappa shape index (κ1) is 12.0. The van der Waals surface area contributed by atoms with E-state index in [1.807, 2.05) is 19.1 Å². The number of aromatic hydroxyl groups is 1. The average Bonchev–Trinajstić information content (AvgIpc) is 3.14. The number of carbonyl (C=O) groups excluding carboxylic acids is 1. The highest BCUT2D eigenvalue weighted by molar-refractivity contribution is 5.78. The molecule has 1 aromatic rings. The van der Waals surface area contributed by atoms with Gasteiger partial charge >= 0.3 is 0 Å². The summed E-state index contributed by atoms with van der Waals surface area (Å²) >= 11 is 0. The van der Waals surface area contributed by atoms with Crippen LogP contribution >= 0.6 is 0 Å². The van der Waals surface area contributed by atoms with Gasteiger partial charge in [0.1, 0.15) is 5.75 Å². The Morgan fingerprint density at radius 1 is 1.47 bits per heavy atom. The van der Waals surface area contributed by atoms with Crippen LogP contribution in [0.5, 0.6) is 5.75 Å². The molecule has 1 aliphatic rings. The van der Waals surface area contributed by atoms with Gasteiger partial charge in [-0.25, -0.2) is 0 Å². The first-order valence-corrected chi connectivity index (χ1v) is 6.23. The normalized spacial score (nSPS) is 16.5. The van der Waals surface area contributed by atoms with E-state index < -0.39 is 0 Å². The van der Waals surface area contributed by atoms with E-state index in [1.54, 1.807) is 12.1 Å². The lowest BCUT2D eigenvalue weighted by Gasteiger charge is -2.11. The Hall–Kier alpha value is -1.51. The molecule has 92 valence electrons. The smallest absolute Gasteiger partial charge is 0.223 e. The summed E-state index contributed by atoms with van der Waals surface area (Å²) in [5.41, 5.74) is 0.881. The van der Waals surface area contributed by atoms with Crippen molar-refractivity contribution in [1.82, 2.24) is 5.32 Å². The topological polar surface area (TPSA) is 49.3 Å². The molecule has 3 nitrogen and oxygen atoms in total. The van der Waals surface area contributed by atoms with E-state index in [-0.39, 0.29) is 11.8 Å². The number of rotatable bonds is 5. The third-order valence-corrected chi connectivity index (χ3v) is 3.43. The number of hydrogen-bond donors (Lipinski definition) is 2. The Labute approximate surface area is 102 Å². The molecule has 1 amide bonds. The van der Waals surface area contributed by atoms with Gasteiger partial charge in [-0.05, 0) is 36.8 Å². The summed E-state index contributed by atoms with van der Waals surface area (Å²) in [4.78, 5) is 11.7. The van der Waals surface area contributed by atoms with Gasteiger partial charge in [-0.2, -0.15) is 0 Å². The predicted octanol–water partition coefficient (Wildman–Crippen LogP) is 2.10. The molecular formula is C14H19NO2. The van der Waals surface area contributed by atoms with Crippen molar-refractivity contribution in [2.24, 2.45) is 11.8 Å². The van der Waals surface area contributed by atoms with Gasteiger partial charge in [0.15, 0.2) is 0 Å². The Morgan fingerprint density at radius 3 is 2.82 bits per heavy atom. The van der Waals surface area contributed by atoms with Crippen molar-refractivity contribution in [3.63, 3.8) is 0 Å². The van der Waals surface area contributed by atoms with Crippen LogP contribution in [0.25, 0.3) is 0 Å². The van der Waals surface area contributed by atoms with Gasteiger partial charge in [0.05, 0.1) is 0 Å². The van der Waals surface area contributed by atoms with Gasteiger partial charge in [-0.1, -0.05) is 25.1 Å². The summed E-state index contributed by atoms with van der Waals surface area (Å²) in [6.07, 6.45) is 3.05. The van der Waals surface area contributed by atoms with Crippen LogP contribution in [0.2, 0.25) is 0 Å². The molecule has 0 aliphatic heterocycles. The monoisotopic (exact) mass is 233 g/mol. The van der Waals surface area contributed by atoms with Crippen molar-refractivity contribution >= 4 is 5.91 Å². The fourth-order valence-electron chi connectivity index (χ4n) is 2.01. The predicted molar refractivity (Wildman–Crippen MR) is 66.7 cm³/mol. The molecule has 2 rings (SSSR count). The maximum Gasteiger partial charge on any atom is 0.223 e. The van der Waals surface area contributed by atoms with Crippen LogP contribution in [0.3, 0.4) is 0 Å². The molecule has 0 heterocycles. The van der Waals surface area contributed by atoms with Gasteiger partial charge < -0.3 is 10.4 Å². The van der Waals surface area contributed by atoms with E-state index in [0.717, 1.165) is 5.56 Å². The zero-order chi connectivity index (χ0) is 12.3. The van der Waals surface area contributed by atoms with E-state index in [9.17, 15) is 9.90 Å². The Bertz CT molecular complexity index is 399. The molecule has 1 fully saturated rings. The number of para-hydroxylation sites is 1. The summed E-state index contributed by atoms with van der Waals surface area (Å²) in [5, 5.41) is 12.5.